The van der Waals surface area contributed by atoms with Gasteiger partial charge in [0.2, 0.25) is 0 Å². The number of pyridine rings is 1. The van der Waals surface area contributed by atoms with Crippen LogP contribution in [0.3, 0.4) is 0 Å². The van der Waals surface area contributed by atoms with Crippen LogP contribution in [0.2, 0.25) is 5.02 Å². The molecule has 0 radical (unpaired) electrons. The van der Waals surface area contributed by atoms with Crippen molar-refractivity contribution in [2.45, 2.75) is 18.6 Å². The zero-order chi connectivity index (χ0) is 12.1. The minimum atomic E-state index is -0.0435. The molecule has 1 aromatic heterocycles. The minimum absolute atomic E-state index is 0.0183. The van der Waals surface area contributed by atoms with Crippen LogP contribution in [-0.2, 0) is 15.9 Å². The van der Waals surface area contributed by atoms with Gasteiger partial charge in [-0.1, -0.05) is 11.6 Å². The van der Waals surface area contributed by atoms with Gasteiger partial charge < -0.3 is 9.47 Å². The number of rotatable bonds is 4. The summed E-state index contributed by atoms with van der Waals surface area (Å²) in [7, 11) is 0. The summed E-state index contributed by atoms with van der Waals surface area (Å²) >= 11 is 6.06. The molecule has 5 nitrogen and oxygen atoms in total. The van der Waals surface area contributed by atoms with Crippen molar-refractivity contribution in [2.75, 3.05) is 19.8 Å². The first-order chi connectivity index (χ1) is 8.31. The molecule has 0 spiro atoms. The number of hydrogen-bond acceptors (Lipinski definition) is 5. The molecular weight excluding hydrogens is 242 g/mol. The van der Waals surface area contributed by atoms with E-state index in [0.717, 1.165) is 5.56 Å². The SMILES string of the molecule is NNC(Cc1ccncc1Cl)C1COCCO1. The molecule has 0 bridgehead atoms. The van der Waals surface area contributed by atoms with Crippen molar-refractivity contribution >= 4 is 11.6 Å². The standard InChI is InChI=1S/C11H16ClN3O2/c12-9-6-14-2-1-8(9)5-10(15-13)11-7-16-3-4-17-11/h1-2,6,10-11,15H,3-5,7,13H2. The maximum absolute atomic E-state index is 6.06. The molecule has 1 aliphatic rings. The van der Waals surface area contributed by atoms with E-state index < -0.39 is 0 Å². The highest BCUT2D eigenvalue weighted by Gasteiger charge is 2.25. The summed E-state index contributed by atoms with van der Waals surface area (Å²) in [6.45, 7) is 1.80. The summed E-state index contributed by atoms with van der Waals surface area (Å²) < 4.78 is 11.0. The van der Waals surface area contributed by atoms with E-state index in [0.29, 0.717) is 31.3 Å². The van der Waals surface area contributed by atoms with Crippen LogP contribution in [0, 0.1) is 0 Å². The van der Waals surface area contributed by atoms with Crippen LogP contribution in [0.25, 0.3) is 0 Å². The highest BCUT2D eigenvalue weighted by molar-refractivity contribution is 6.31. The number of nitrogens with one attached hydrogen (secondary N) is 1. The largest absolute Gasteiger partial charge is 0.376 e. The Balaban J connectivity index is 2.01. The van der Waals surface area contributed by atoms with Gasteiger partial charge in [-0.25, -0.2) is 0 Å². The van der Waals surface area contributed by atoms with Crippen LogP contribution in [0.5, 0.6) is 0 Å². The monoisotopic (exact) mass is 257 g/mol. The van der Waals surface area contributed by atoms with E-state index in [1.807, 2.05) is 6.07 Å². The van der Waals surface area contributed by atoms with E-state index in [1.54, 1.807) is 12.4 Å². The number of ether oxygens (including phenoxy) is 2. The van der Waals surface area contributed by atoms with Crippen LogP contribution in [0.15, 0.2) is 18.5 Å². The molecule has 2 rings (SSSR count). The number of nitrogens with two attached hydrogens (primary N) is 1. The molecular formula is C11H16ClN3O2. The van der Waals surface area contributed by atoms with Gasteiger partial charge in [-0.15, -0.1) is 0 Å². The molecule has 0 aromatic carbocycles. The topological polar surface area (TPSA) is 69.4 Å². The predicted octanol–water partition coefficient (Wildman–Crippen LogP) is 0.525. The van der Waals surface area contributed by atoms with E-state index in [4.69, 9.17) is 26.9 Å². The van der Waals surface area contributed by atoms with Gasteiger partial charge in [0.25, 0.3) is 0 Å². The van der Waals surface area contributed by atoms with Crippen LogP contribution in [-0.4, -0.2) is 37.0 Å². The Kier molecular flexibility index (Phi) is 4.70. The smallest absolute Gasteiger partial charge is 0.0978 e. The van der Waals surface area contributed by atoms with Crippen molar-refractivity contribution < 1.29 is 9.47 Å². The zero-order valence-electron chi connectivity index (χ0n) is 9.43. The molecule has 17 heavy (non-hydrogen) atoms. The van der Waals surface area contributed by atoms with Crippen molar-refractivity contribution in [3.05, 3.63) is 29.0 Å². The molecule has 1 aromatic rings. The predicted molar refractivity (Wildman–Crippen MR) is 64.6 cm³/mol. The van der Waals surface area contributed by atoms with E-state index in [1.165, 1.54) is 0 Å². The van der Waals surface area contributed by atoms with E-state index in [9.17, 15) is 0 Å². The quantitative estimate of drug-likeness (QED) is 0.608. The van der Waals surface area contributed by atoms with Gasteiger partial charge in [0.05, 0.1) is 37.0 Å². The van der Waals surface area contributed by atoms with Crippen LogP contribution in [0.4, 0.5) is 0 Å². The van der Waals surface area contributed by atoms with Crippen molar-refractivity contribution in [3.63, 3.8) is 0 Å². The average Bonchev–Trinajstić information content (AvgIpc) is 2.39. The summed E-state index contributed by atoms with van der Waals surface area (Å²) in [5, 5.41) is 0.643. The lowest BCUT2D eigenvalue weighted by Crippen LogP contribution is -2.50. The van der Waals surface area contributed by atoms with Gasteiger partial charge in [-0.3, -0.25) is 16.3 Å². The lowest BCUT2D eigenvalue weighted by Gasteiger charge is -2.30. The van der Waals surface area contributed by atoms with Gasteiger partial charge >= 0.3 is 0 Å². The lowest BCUT2D eigenvalue weighted by molar-refractivity contribution is -0.101. The maximum atomic E-state index is 6.06. The van der Waals surface area contributed by atoms with Crippen molar-refractivity contribution in [1.82, 2.24) is 10.4 Å². The van der Waals surface area contributed by atoms with E-state index in [2.05, 4.69) is 10.4 Å². The molecule has 0 aliphatic carbocycles. The summed E-state index contributed by atoms with van der Waals surface area (Å²) in [6.07, 6.45) is 3.99. The van der Waals surface area contributed by atoms with Crippen molar-refractivity contribution in [3.8, 4) is 0 Å². The molecule has 1 aliphatic heterocycles. The summed E-state index contributed by atoms with van der Waals surface area (Å²) in [5.74, 6) is 5.56. The van der Waals surface area contributed by atoms with Crippen molar-refractivity contribution in [2.24, 2.45) is 5.84 Å². The van der Waals surface area contributed by atoms with Crippen LogP contribution in [0.1, 0.15) is 5.56 Å². The first-order valence-electron chi connectivity index (χ1n) is 5.55. The normalized spacial score (nSPS) is 22.4. The third-order valence-corrected chi connectivity index (χ3v) is 3.14. The Bertz CT molecular complexity index is 358. The second-order valence-electron chi connectivity index (χ2n) is 3.93. The van der Waals surface area contributed by atoms with E-state index in [-0.39, 0.29) is 12.1 Å². The average molecular weight is 258 g/mol. The Labute approximate surface area is 105 Å². The third kappa shape index (κ3) is 3.37. The lowest BCUT2D eigenvalue weighted by atomic mass is 10.0. The number of halogens is 1. The molecule has 94 valence electrons. The maximum Gasteiger partial charge on any atom is 0.0978 e. The molecule has 2 heterocycles. The Hall–Kier alpha value is -0.720. The van der Waals surface area contributed by atoms with Gasteiger partial charge in [0.1, 0.15) is 0 Å². The fourth-order valence-electron chi connectivity index (χ4n) is 1.84. The number of hydrogen-bond donors (Lipinski definition) is 2. The minimum Gasteiger partial charge on any atom is -0.376 e. The number of aromatic nitrogens is 1. The molecule has 2 atom stereocenters. The molecule has 1 fully saturated rings. The Morgan fingerprint density at radius 1 is 1.59 bits per heavy atom. The zero-order valence-corrected chi connectivity index (χ0v) is 10.2. The highest BCUT2D eigenvalue weighted by atomic mass is 35.5. The van der Waals surface area contributed by atoms with Crippen molar-refractivity contribution in [1.29, 1.82) is 0 Å². The number of nitrogens with zero attached hydrogens (tertiary/aromatic N) is 1. The van der Waals surface area contributed by atoms with Gasteiger partial charge in [-0.2, -0.15) is 0 Å². The third-order valence-electron chi connectivity index (χ3n) is 2.80. The molecule has 2 unspecified atom stereocenters. The van der Waals surface area contributed by atoms with Gasteiger partial charge in [0.15, 0.2) is 0 Å². The number of hydrazine groups is 1. The van der Waals surface area contributed by atoms with E-state index >= 15 is 0 Å². The summed E-state index contributed by atoms with van der Waals surface area (Å²) in [6, 6.07) is 1.87. The summed E-state index contributed by atoms with van der Waals surface area (Å²) in [5.41, 5.74) is 3.76. The summed E-state index contributed by atoms with van der Waals surface area (Å²) in [4.78, 5) is 3.95. The fourth-order valence-corrected chi connectivity index (χ4v) is 2.04. The first kappa shape index (κ1) is 12.7. The molecule has 3 N–H and O–H groups in total. The second kappa shape index (κ2) is 6.28. The van der Waals surface area contributed by atoms with Gasteiger partial charge in [-0.05, 0) is 18.1 Å². The fraction of sp³-hybridized carbons (Fsp3) is 0.545. The van der Waals surface area contributed by atoms with Crippen LogP contribution < -0.4 is 11.3 Å². The van der Waals surface area contributed by atoms with Crippen LogP contribution >= 0.6 is 11.6 Å². The first-order valence-corrected chi connectivity index (χ1v) is 5.93. The molecule has 1 saturated heterocycles. The highest BCUT2D eigenvalue weighted by Crippen LogP contribution is 2.17. The molecule has 0 saturated carbocycles. The molecule has 0 amide bonds. The Morgan fingerprint density at radius 3 is 3.12 bits per heavy atom. The second-order valence-corrected chi connectivity index (χ2v) is 4.34. The van der Waals surface area contributed by atoms with Gasteiger partial charge in [0, 0.05) is 12.4 Å². The Morgan fingerprint density at radius 2 is 2.47 bits per heavy atom. The molecule has 6 heteroatoms.